The minimum atomic E-state index is -0.236. The lowest BCUT2D eigenvalue weighted by atomic mass is 10.2. The second-order valence-electron chi connectivity index (χ2n) is 5.70. The third kappa shape index (κ3) is 2.79. The fourth-order valence-corrected chi connectivity index (χ4v) is 3.25. The zero-order chi connectivity index (χ0) is 16.5. The van der Waals surface area contributed by atoms with E-state index < -0.39 is 0 Å². The van der Waals surface area contributed by atoms with Crippen LogP contribution in [0, 0.1) is 5.82 Å². The summed E-state index contributed by atoms with van der Waals surface area (Å²) >= 11 is 6.27. The fraction of sp³-hybridized carbons (Fsp3) is 0.158. The van der Waals surface area contributed by atoms with Gasteiger partial charge in [-0.1, -0.05) is 23.7 Å². The summed E-state index contributed by atoms with van der Waals surface area (Å²) < 4.78 is 21.0. The Hall–Kier alpha value is -2.30. The third-order valence-electron chi connectivity index (χ3n) is 4.18. The predicted octanol–water partition coefficient (Wildman–Crippen LogP) is 4.81. The molecule has 1 fully saturated rings. The average Bonchev–Trinajstić information content (AvgIpc) is 3.25. The molecular formula is C19H16ClFN2O. The van der Waals surface area contributed by atoms with Gasteiger partial charge in [0.1, 0.15) is 5.82 Å². The lowest BCUT2D eigenvalue weighted by Crippen LogP contribution is -2.22. The summed E-state index contributed by atoms with van der Waals surface area (Å²) in [4.78, 5) is 2.13. The highest BCUT2D eigenvalue weighted by Crippen LogP contribution is 2.33. The normalized spacial score (nSPS) is 17.4. The van der Waals surface area contributed by atoms with Crippen molar-refractivity contribution in [1.29, 1.82) is 0 Å². The van der Waals surface area contributed by atoms with E-state index in [1.165, 1.54) is 12.1 Å². The van der Waals surface area contributed by atoms with E-state index in [0.717, 1.165) is 23.5 Å². The smallest absolute Gasteiger partial charge is 0.158 e. The average molecular weight is 343 g/mol. The van der Waals surface area contributed by atoms with Gasteiger partial charge in [-0.05, 0) is 42.5 Å². The van der Waals surface area contributed by atoms with Gasteiger partial charge in [-0.2, -0.15) is 0 Å². The molecule has 1 saturated heterocycles. The van der Waals surface area contributed by atoms with Crippen molar-refractivity contribution in [2.24, 2.45) is 0 Å². The van der Waals surface area contributed by atoms with Crippen molar-refractivity contribution in [3.63, 3.8) is 0 Å². The molecule has 0 N–H and O–H groups in total. The van der Waals surface area contributed by atoms with E-state index in [1.54, 1.807) is 12.1 Å². The van der Waals surface area contributed by atoms with Crippen molar-refractivity contribution < 1.29 is 9.13 Å². The first kappa shape index (κ1) is 15.2. The van der Waals surface area contributed by atoms with E-state index in [-0.39, 0.29) is 12.0 Å². The standard InChI is InChI=1S/C19H16ClFN2O/c20-17-3-1-2-4-18(17)22-10-9-14(13-22)19-23(11-12-24-19)16-7-5-15(21)6-8-16/h1-10,13,19H,11-12H2/t19-/m1/s1. The first-order valence-electron chi connectivity index (χ1n) is 7.79. The lowest BCUT2D eigenvalue weighted by molar-refractivity contribution is 0.114. The molecule has 24 heavy (non-hydrogen) atoms. The van der Waals surface area contributed by atoms with Crippen LogP contribution in [0.15, 0.2) is 67.0 Å². The number of anilines is 1. The Morgan fingerprint density at radius 3 is 2.62 bits per heavy atom. The molecule has 3 nitrogen and oxygen atoms in total. The van der Waals surface area contributed by atoms with Gasteiger partial charge in [-0.25, -0.2) is 4.39 Å². The van der Waals surface area contributed by atoms with Crippen LogP contribution in [0.25, 0.3) is 5.69 Å². The fourth-order valence-electron chi connectivity index (χ4n) is 3.01. The van der Waals surface area contributed by atoms with E-state index in [9.17, 15) is 4.39 Å². The van der Waals surface area contributed by atoms with Crippen molar-refractivity contribution in [3.8, 4) is 5.69 Å². The van der Waals surface area contributed by atoms with Gasteiger partial charge < -0.3 is 14.2 Å². The van der Waals surface area contributed by atoms with Gasteiger partial charge in [0.05, 0.1) is 17.3 Å². The summed E-state index contributed by atoms with van der Waals surface area (Å²) in [6.07, 6.45) is 3.81. The van der Waals surface area contributed by atoms with E-state index in [4.69, 9.17) is 16.3 Å². The molecule has 0 spiro atoms. The van der Waals surface area contributed by atoms with E-state index in [2.05, 4.69) is 4.90 Å². The van der Waals surface area contributed by atoms with E-state index in [0.29, 0.717) is 11.6 Å². The number of nitrogens with zero attached hydrogens (tertiary/aromatic N) is 2. The quantitative estimate of drug-likeness (QED) is 0.680. The van der Waals surface area contributed by atoms with Crippen LogP contribution in [0.5, 0.6) is 0 Å². The monoisotopic (exact) mass is 342 g/mol. The van der Waals surface area contributed by atoms with Crippen molar-refractivity contribution >= 4 is 17.3 Å². The molecule has 0 radical (unpaired) electrons. The highest BCUT2D eigenvalue weighted by molar-refractivity contribution is 6.32. The molecule has 1 aliphatic rings. The Bertz CT molecular complexity index is 847. The minimum Gasteiger partial charge on any atom is -0.352 e. The molecule has 0 aliphatic carbocycles. The molecule has 5 heteroatoms. The van der Waals surface area contributed by atoms with Gasteiger partial charge in [-0.3, -0.25) is 0 Å². The van der Waals surface area contributed by atoms with Crippen molar-refractivity contribution in [1.82, 2.24) is 4.57 Å². The van der Waals surface area contributed by atoms with Crippen LogP contribution < -0.4 is 4.90 Å². The minimum absolute atomic E-state index is 0.181. The Morgan fingerprint density at radius 1 is 1.04 bits per heavy atom. The molecule has 2 heterocycles. The molecule has 1 aromatic heterocycles. The molecule has 0 bridgehead atoms. The first-order valence-corrected chi connectivity index (χ1v) is 8.17. The van der Waals surface area contributed by atoms with Crippen molar-refractivity contribution in [3.05, 3.63) is 83.4 Å². The SMILES string of the molecule is Fc1ccc(N2CCO[C@@H]2c2ccn(-c3ccccc3Cl)c2)cc1. The lowest BCUT2D eigenvalue weighted by Gasteiger charge is -2.24. The van der Waals surface area contributed by atoms with Crippen molar-refractivity contribution in [2.75, 3.05) is 18.1 Å². The number of hydrogen-bond acceptors (Lipinski definition) is 2. The number of halogens is 2. The van der Waals surface area contributed by atoms with Crippen LogP contribution in [-0.4, -0.2) is 17.7 Å². The highest BCUT2D eigenvalue weighted by atomic mass is 35.5. The summed E-state index contributed by atoms with van der Waals surface area (Å²) in [7, 11) is 0. The Labute approximate surface area is 144 Å². The second-order valence-corrected chi connectivity index (χ2v) is 6.10. The number of aromatic nitrogens is 1. The largest absolute Gasteiger partial charge is 0.352 e. The van der Waals surface area contributed by atoms with Gasteiger partial charge in [0.25, 0.3) is 0 Å². The maximum absolute atomic E-state index is 13.2. The number of rotatable bonds is 3. The first-order chi connectivity index (χ1) is 11.7. The molecule has 1 aliphatic heterocycles. The van der Waals surface area contributed by atoms with Crippen LogP contribution in [0.1, 0.15) is 11.8 Å². The van der Waals surface area contributed by atoms with Crippen molar-refractivity contribution in [2.45, 2.75) is 6.23 Å². The summed E-state index contributed by atoms with van der Waals surface area (Å²) in [5.74, 6) is -0.236. The Kier molecular flexibility index (Phi) is 4.00. The summed E-state index contributed by atoms with van der Waals surface area (Å²) in [6, 6.07) is 16.2. The Balaban J connectivity index is 1.64. The maximum atomic E-state index is 13.2. The van der Waals surface area contributed by atoms with E-state index >= 15 is 0 Å². The second kappa shape index (κ2) is 6.30. The zero-order valence-electron chi connectivity index (χ0n) is 12.9. The maximum Gasteiger partial charge on any atom is 0.158 e. The van der Waals surface area contributed by atoms with E-state index in [1.807, 2.05) is 47.3 Å². The van der Waals surface area contributed by atoms with Crippen LogP contribution in [0.4, 0.5) is 10.1 Å². The number of para-hydroxylation sites is 1. The topological polar surface area (TPSA) is 17.4 Å². The molecule has 0 saturated carbocycles. The van der Waals surface area contributed by atoms with Gasteiger partial charge >= 0.3 is 0 Å². The van der Waals surface area contributed by atoms with Crippen LogP contribution in [-0.2, 0) is 4.74 Å². The molecular weight excluding hydrogens is 327 g/mol. The molecule has 4 rings (SSSR count). The molecule has 0 unspecified atom stereocenters. The van der Waals surface area contributed by atoms with Crippen LogP contribution >= 0.6 is 11.6 Å². The van der Waals surface area contributed by atoms with Gasteiger partial charge in [0.2, 0.25) is 0 Å². The summed E-state index contributed by atoms with van der Waals surface area (Å²) in [6.45, 7) is 1.41. The van der Waals surface area contributed by atoms with Gasteiger partial charge in [0.15, 0.2) is 6.23 Å². The highest BCUT2D eigenvalue weighted by Gasteiger charge is 2.28. The molecule has 2 aromatic carbocycles. The number of benzene rings is 2. The van der Waals surface area contributed by atoms with Crippen LogP contribution in [0.2, 0.25) is 5.02 Å². The van der Waals surface area contributed by atoms with Crippen LogP contribution in [0.3, 0.4) is 0 Å². The Morgan fingerprint density at radius 2 is 1.83 bits per heavy atom. The van der Waals surface area contributed by atoms with Gasteiger partial charge in [0, 0.05) is 30.2 Å². The number of hydrogen-bond donors (Lipinski definition) is 0. The molecule has 0 amide bonds. The summed E-state index contributed by atoms with van der Waals surface area (Å²) in [5, 5.41) is 0.697. The zero-order valence-corrected chi connectivity index (χ0v) is 13.7. The molecule has 1 atom stereocenters. The molecule has 3 aromatic rings. The molecule has 122 valence electrons. The predicted molar refractivity (Wildman–Crippen MR) is 93.2 cm³/mol. The summed E-state index contributed by atoms with van der Waals surface area (Å²) in [5.41, 5.74) is 2.91. The van der Waals surface area contributed by atoms with Gasteiger partial charge in [-0.15, -0.1) is 0 Å². The number of ether oxygens (including phenoxy) is 1. The third-order valence-corrected chi connectivity index (χ3v) is 4.50.